The van der Waals surface area contributed by atoms with Gasteiger partial charge in [-0.3, -0.25) is 4.98 Å². The molecule has 0 atom stereocenters. The molecule has 0 bridgehead atoms. The largest absolute Gasteiger partial charge is 0.472 e. The molecule has 19 heavy (non-hydrogen) atoms. The molecular weight excluding hydrogens is 258 g/mol. The zero-order chi connectivity index (χ0) is 14.0. The summed E-state index contributed by atoms with van der Waals surface area (Å²) in [7, 11) is 2.00. The first-order valence-corrected chi connectivity index (χ1v) is 6.40. The van der Waals surface area contributed by atoms with Gasteiger partial charge in [-0.15, -0.1) is 0 Å². The Morgan fingerprint density at radius 2 is 2.21 bits per heavy atom. The van der Waals surface area contributed by atoms with E-state index < -0.39 is 0 Å². The van der Waals surface area contributed by atoms with Crippen molar-refractivity contribution in [2.75, 3.05) is 11.9 Å². The molecule has 0 saturated heterocycles. The van der Waals surface area contributed by atoms with Crippen molar-refractivity contribution in [1.82, 2.24) is 4.98 Å². The Labute approximate surface area is 118 Å². The van der Waals surface area contributed by atoms with Crippen LogP contribution in [0.5, 0.6) is 0 Å². The van der Waals surface area contributed by atoms with Crippen molar-refractivity contribution >= 4 is 22.9 Å². The number of thiocarbonyl (C=S) groups is 1. The van der Waals surface area contributed by atoms with Gasteiger partial charge < -0.3 is 15.1 Å². The minimum absolute atomic E-state index is 0.374. The molecule has 4 nitrogen and oxygen atoms in total. The summed E-state index contributed by atoms with van der Waals surface area (Å²) in [4.78, 5) is 6.89. The van der Waals surface area contributed by atoms with Crippen LogP contribution < -0.4 is 10.6 Å². The third-order valence-corrected chi connectivity index (χ3v) is 3.17. The molecule has 0 amide bonds. The van der Waals surface area contributed by atoms with E-state index in [1.54, 1.807) is 12.5 Å². The second kappa shape index (κ2) is 5.40. The number of aryl methyl sites for hydroxylation is 2. The van der Waals surface area contributed by atoms with Crippen molar-refractivity contribution in [2.24, 2.45) is 5.73 Å². The zero-order valence-corrected chi connectivity index (χ0v) is 12.1. The summed E-state index contributed by atoms with van der Waals surface area (Å²) < 4.78 is 5.09. The molecule has 0 aliphatic rings. The van der Waals surface area contributed by atoms with E-state index in [0.29, 0.717) is 4.99 Å². The van der Waals surface area contributed by atoms with E-state index in [2.05, 4.69) is 9.88 Å². The SMILES string of the molecule is Cc1cc(N(C)Cc2ccoc2)c(C(N)=S)c(C)n1. The summed E-state index contributed by atoms with van der Waals surface area (Å²) in [5.41, 5.74) is 10.6. The van der Waals surface area contributed by atoms with Crippen LogP contribution in [-0.2, 0) is 6.54 Å². The number of pyridine rings is 1. The third kappa shape index (κ3) is 2.93. The number of nitrogens with two attached hydrogens (primary N) is 1. The first-order chi connectivity index (χ1) is 8.99. The second-order valence-electron chi connectivity index (χ2n) is 4.60. The van der Waals surface area contributed by atoms with E-state index in [-0.39, 0.29) is 0 Å². The number of nitrogens with zero attached hydrogens (tertiary/aromatic N) is 2. The van der Waals surface area contributed by atoms with Crippen molar-refractivity contribution in [3.8, 4) is 0 Å². The number of hydrogen-bond donors (Lipinski definition) is 1. The lowest BCUT2D eigenvalue weighted by molar-refractivity contribution is 0.563. The second-order valence-corrected chi connectivity index (χ2v) is 5.03. The Hall–Kier alpha value is -1.88. The molecule has 5 heteroatoms. The molecular formula is C14H17N3OS. The number of aromatic nitrogens is 1. The van der Waals surface area contributed by atoms with Crippen LogP contribution in [0.15, 0.2) is 29.1 Å². The minimum atomic E-state index is 0.374. The summed E-state index contributed by atoms with van der Waals surface area (Å²) in [6.07, 6.45) is 3.40. The molecule has 0 aliphatic carbocycles. The van der Waals surface area contributed by atoms with E-state index in [0.717, 1.165) is 34.7 Å². The summed E-state index contributed by atoms with van der Waals surface area (Å²) in [6.45, 7) is 4.62. The lowest BCUT2D eigenvalue weighted by Gasteiger charge is -2.23. The van der Waals surface area contributed by atoms with E-state index >= 15 is 0 Å². The third-order valence-electron chi connectivity index (χ3n) is 2.97. The quantitative estimate of drug-likeness (QED) is 0.869. The maximum Gasteiger partial charge on any atom is 0.107 e. The van der Waals surface area contributed by atoms with E-state index in [4.69, 9.17) is 22.4 Å². The van der Waals surface area contributed by atoms with Gasteiger partial charge in [0.1, 0.15) is 4.99 Å². The molecule has 0 unspecified atom stereocenters. The Bertz CT molecular complexity index is 593. The van der Waals surface area contributed by atoms with Gasteiger partial charge in [0.25, 0.3) is 0 Å². The van der Waals surface area contributed by atoms with Crippen molar-refractivity contribution in [1.29, 1.82) is 0 Å². The molecule has 0 spiro atoms. The lowest BCUT2D eigenvalue weighted by atomic mass is 10.1. The predicted molar refractivity (Wildman–Crippen MR) is 80.4 cm³/mol. The van der Waals surface area contributed by atoms with Gasteiger partial charge in [0.05, 0.1) is 23.8 Å². The first kappa shape index (κ1) is 13.5. The smallest absolute Gasteiger partial charge is 0.107 e. The molecule has 0 aliphatic heterocycles. The standard InChI is InChI=1S/C14H17N3OS/c1-9-6-12(13(14(15)19)10(2)16-9)17(3)7-11-4-5-18-8-11/h4-6,8H,7H2,1-3H3,(H2,15,19). The van der Waals surface area contributed by atoms with Crippen LogP contribution in [0.1, 0.15) is 22.5 Å². The Morgan fingerprint density at radius 1 is 1.47 bits per heavy atom. The highest BCUT2D eigenvalue weighted by Gasteiger charge is 2.15. The molecule has 2 aromatic rings. The average Bonchev–Trinajstić information content (AvgIpc) is 2.79. The van der Waals surface area contributed by atoms with Crippen LogP contribution in [-0.4, -0.2) is 17.0 Å². The Morgan fingerprint density at radius 3 is 2.79 bits per heavy atom. The van der Waals surface area contributed by atoms with E-state index in [9.17, 15) is 0 Å². The molecule has 0 radical (unpaired) electrons. The molecule has 0 aromatic carbocycles. The summed E-state index contributed by atoms with van der Waals surface area (Å²) in [6, 6.07) is 3.94. The summed E-state index contributed by atoms with van der Waals surface area (Å²) >= 11 is 5.14. The van der Waals surface area contributed by atoms with E-state index in [1.807, 2.05) is 33.0 Å². The first-order valence-electron chi connectivity index (χ1n) is 5.99. The van der Waals surface area contributed by atoms with Crippen molar-refractivity contribution in [3.05, 3.63) is 47.2 Å². The Balaban J connectivity index is 2.40. The van der Waals surface area contributed by atoms with Crippen LogP contribution in [0.25, 0.3) is 0 Å². The van der Waals surface area contributed by atoms with Gasteiger partial charge in [-0.25, -0.2) is 0 Å². The van der Waals surface area contributed by atoms with Crippen molar-refractivity contribution < 1.29 is 4.42 Å². The number of rotatable bonds is 4. The van der Waals surface area contributed by atoms with Gasteiger partial charge >= 0.3 is 0 Å². The van der Waals surface area contributed by atoms with Crippen molar-refractivity contribution in [2.45, 2.75) is 20.4 Å². The highest BCUT2D eigenvalue weighted by atomic mass is 32.1. The molecule has 2 rings (SSSR count). The van der Waals surface area contributed by atoms with Gasteiger partial charge in [-0.2, -0.15) is 0 Å². The molecule has 100 valence electrons. The van der Waals surface area contributed by atoms with Crippen LogP contribution in [0.4, 0.5) is 5.69 Å². The fourth-order valence-electron chi connectivity index (χ4n) is 2.16. The topological polar surface area (TPSA) is 55.3 Å². The average molecular weight is 275 g/mol. The molecule has 0 fully saturated rings. The normalized spacial score (nSPS) is 10.5. The lowest BCUT2D eigenvalue weighted by Crippen LogP contribution is -2.23. The van der Waals surface area contributed by atoms with E-state index in [1.165, 1.54) is 0 Å². The molecule has 0 saturated carbocycles. The molecule has 2 N–H and O–H groups in total. The fraction of sp³-hybridized carbons (Fsp3) is 0.286. The maximum absolute atomic E-state index is 5.82. The summed E-state index contributed by atoms with van der Waals surface area (Å²) in [5.74, 6) is 0. The monoisotopic (exact) mass is 275 g/mol. The molecule has 2 aromatic heterocycles. The van der Waals surface area contributed by atoms with Crippen LogP contribution in [0.3, 0.4) is 0 Å². The highest BCUT2D eigenvalue weighted by Crippen LogP contribution is 2.24. The van der Waals surface area contributed by atoms with Crippen LogP contribution in [0, 0.1) is 13.8 Å². The van der Waals surface area contributed by atoms with Gasteiger partial charge in [0.2, 0.25) is 0 Å². The number of hydrogen-bond acceptors (Lipinski definition) is 4. The minimum Gasteiger partial charge on any atom is -0.472 e. The molecule has 2 heterocycles. The number of anilines is 1. The summed E-state index contributed by atoms with van der Waals surface area (Å²) in [5, 5.41) is 0. The van der Waals surface area contributed by atoms with Crippen LogP contribution >= 0.6 is 12.2 Å². The Kier molecular flexibility index (Phi) is 3.85. The van der Waals surface area contributed by atoms with Gasteiger partial charge in [-0.1, -0.05) is 12.2 Å². The predicted octanol–water partition coefficient (Wildman–Crippen LogP) is 2.56. The number of furan rings is 1. The van der Waals surface area contributed by atoms with Crippen molar-refractivity contribution in [3.63, 3.8) is 0 Å². The van der Waals surface area contributed by atoms with Gasteiger partial charge in [-0.05, 0) is 26.0 Å². The maximum atomic E-state index is 5.82. The highest BCUT2D eigenvalue weighted by molar-refractivity contribution is 7.80. The van der Waals surface area contributed by atoms with Gasteiger partial charge in [0.15, 0.2) is 0 Å². The zero-order valence-electron chi connectivity index (χ0n) is 11.3. The fourth-order valence-corrected chi connectivity index (χ4v) is 2.41. The van der Waals surface area contributed by atoms with Crippen LogP contribution in [0.2, 0.25) is 0 Å². The van der Waals surface area contributed by atoms with Gasteiger partial charge in [0, 0.05) is 30.5 Å².